The second-order valence-corrected chi connectivity index (χ2v) is 7.04. The number of carbonyl (C=O) groups is 1. The molecule has 1 saturated carbocycles. The number of hydrogen-bond acceptors (Lipinski definition) is 6. The number of anilines is 1. The van der Waals surface area contributed by atoms with Crippen LogP contribution in [0.5, 0.6) is 0 Å². The molecule has 1 aliphatic heterocycles. The van der Waals surface area contributed by atoms with Crippen molar-refractivity contribution >= 4 is 23.7 Å². The molecule has 1 N–H and O–H groups in total. The number of hydrogen-bond donors (Lipinski definition) is 1. The standard InChI is InChI=1S/C13H20N4O3S/c1-13(2)8-16(5-6-20-13)11-14-15-12(21-7-10(18)19)17(11)9-3-4-9/h9H,3-8H2,1-2H3,(H,18,19). The number of ether oxygens (including phenoxy) is 1. The van der Waals surface area contributed by atoms with Crippen molar-refractivity contribution in [1.82, 2.24) is 14.8 Å². The van der Waals surface area contributed by atoms with Crippen LogP contribution in [0.25, 0.3) is 0 Å². The average Bonchev–Trinajstić information content (AvgIpc) is 3.15. The van der Waals surface area contributed by atoms with E-state index in [0.717, 1.165) is 31.9 Å². The molecule has 7 nitrogen and oxygen atoms in total. The van der Waals surface area contributed by atoms with Gasteiger partial charge in [0.1, 0.15) is 0 Å². The zero-order valence-electron chi connectivity index (χ0n) is 12.3. The number of nitrogens with zero attached hydrogens (tertiary/aromatic N) is 4. The van der Waals surface area contributed by atoms with E-state index < -0.39 is 5.97 Å². The molecule has 8 heteroatoms. The highest BCUT2D eigenvalue weighted by molar-refractivity contribution is 7.99. The Kier molecular flexibility index (Phi) is 3.83. The molecule has 3 rings (SSSR count). The normalized spacial score (nSPS) is 21.5. The Balaban J connectivity index is 1.83. The van der Waals surface area contributed by atoms with Gasteiger partial charge in [-0.15, -0.1) is 10.2 Å². The van der Waals surface area contributed by atoms with E-state index in [9.17, 15) is 4.79 Å². The molecule has 1 aliphatic carbocycles. The maximum absolute atomic E-state index is 10.8. The SMILES string of the molecule is CC1(C)CN(c2nnc(SCC(=O)O)n2C2CC2)CCO1. The zero-order valence-corrected chi connectivity index (χ0v) is 13.1. The lowest BCUT2D eigenvalue weighted by Crippen LogP contribution is -2.49. The fourth-order valence-electron chi connectivity index (χ4n) is 2.55. The highest BCUT2D eigenvalue weighted by Crippen LogP contribution is 2.41. The number of morpholine rings is 1. The summed E-state index contributed by atoms with van der Waals surface area (Å²) in [5.74, 6) is 0.0283. The lowest BCUT2D eigenvalue weighted by Gasteiger charge is -2.38. The minimum Gasteiger partial charge on any atom is -0.481 e. The summed E-state index contributed by atoms with van der Waals surface area (Å²) in [6.07, 6.45) is 2.22. The Morgan fingerprint density at radius 3 is 2.86 bits per heavy atom. The molecule has 1 aromatic rings. The van der Waals surface area contributed by atoms with Gasteiger partial charge in [-0.05, 0) is 26.7 Å². The third-order valence-electron chi connectivity index (χ3n) is 3.59. The van der Waals surface area contributed by atoms with E-state index in [1.54, 1.807) is 0 Å². The average molecular weight is 312 g/mol. The Labute approximate surface area is 127 Å². The van der Waals surface area contributed by atoms with Crippen molar-refractivity contribution < 1.29 is 14.6 Å². The predicted molar refractivity (Wildman–Crippen MR) is 78.9 cm³/mol. The third-order valence-corrected chi connectivity index (χ3v) is 4.52. The van der Waals surface area contributed by atoms with Crippen molar-refractivity contribution in [1.29, 1.82) is 0 Å². The summed E-state index contributed by atoms with van der Waals surface area (Å²) in [6, 6.07) is 0.414. The molecular weight excluding hydrogens is 292 g/mol. The largest absolute Gasteiger partial charge is 0.481 e. The van der Waals surface area contributed by atoms with Gasteiger partial charge in [0.25, 0.3) is 0 Å². The monoisotopic (exact) mass is 312 g/mol. The third kappa shape index (κ3) is 3.32. The van der Waals surface area contributed by atoms with Gasteiger partial charge >= 0.3 is 5.97 Å². The van der Waals surface area contributed by atoms with Gasteiger partial charge < -0.3 is 14.7 Å². The Morgan fingerprint density at radius 1 is 1.48 bits per heavy atom. The molecule has 0 radical (unpaired) electrons. The fourth-order valence-corrected chi connectivity index (χ4v) is 3.27. The number of aromatic nitrogens is 3. The Morgan fingerprint density at radius 2 is 2.24 bits per heavy atom. The molecule has 0 bridgehead atoms. The van der Waals surface area contributed by atoms with Gasteiger partial charge in [0.2, 0.25) is 5.95 Å². The van der Waals surface area contributed by atoms with Gasteiger partial charge in [0, 0.05) is 19.1 Å². The molecule has 116 valence electrons. The van der Waals surface area contributed by atoms with E-state index in [2.05, 4.69) is 33.5 Å². The number of aliphatic carboxylic acids is 1. The summed E-state index contributed by atoms with van der Waals surface area (Å²) in [5.41, 5.74) is -0.201. The molecule has 0 spiro atoms. The summed E-state index contributed by atoms with van der Waals surface area (Å²) in [5, 5.41) is 18.1. The molecule has 21 heavy (non-hydrogen) atoms. The van der Waals surface area contributed by atoms with Crippen LogP contribution in [0.1, 0.15) is 32.7 Å². The minimum atomic E-state index is -0.834. The summed E-state index contributed by atoms with van der Waals surface area (Å²) in [6.45, 7) is 6.36. The zero-order chi connectivity index (χ0) is 15.0. The predicted octanol–water partition coefficient (Wildman–Crippen LogP) is 1.40. The van der Waals surface area contributed by atoms with Gasteiger partial charge in [-0.3, -0.25) is 9.36 Å². The van der Waals surface area contributed by atoms with Gasteiger partial charge in [-0.2, -0.15) is 0 Å². The van der Waals surface area contributed by atoms with Crippen molar-refractivity contribution in [3.8, 4) is 0 Å². The van der Waals surface area contributed by atoms with Crippen molar-refractivity contribution in [2.24, 2.45) is 0 Å². The van der Waals surface area contributed by atoms with E-state index in [4.69, 9.17) is 9.84 Å². The van der Waals surface area contributed by atoms with Gasteiger partial charge in [0.15, 0.2) is 5.16 Å². The van der Waals surface area contributed by atoms with E-state index >= 15 is 0 Å². The van der Waals surface area contributed by atoms with E-state index in [0.29, 0.717) is 17.8 Å². The first-order valence-electron chi connectivity index (χ1n) is 7.15. The summed E-state index contributed by atoms with van der Waals surface area (Å²) in [7, 11) is 0. The molecule has 0 atom stereocenters. The van der Waals surface area contributed by atoms with Crippen LogP contribution in [0, 0.1) is 0 Å². The van der Waals surface area contributed by atoms with Gasteiger partial charge in [-0.25, -0.2) is 0 Å². The van der Waals surface area contributed by atoms with E-state index in [1.807, 2.05) is 0 Å². The topological polar surface area (TPSA) is 80.5 Å². The van der Waals surface area contributed by atoms with Crippen LogP contribution < -0.4 is 4.90 Å². The van der Waals surface area contributed by atoms with Crippen LogP contribution in [0.15, 0.2) is 5.16 Å². The number of rotatable bonds is 5. The molecule has 2 fully saturated rings. The molecule has 0 amide bonds. The van der Waals surface area contributed by atoms with Crippen molar-refractivity contribution in [2.45, 2.75) is 43.5 Å². The van der Waals surface area contributed by atoms with Gasteiger partial charge in [-0.1, -0.05) is 11.8 Å². The first kappa shape index (κ1) is 14.6. The summed E-state index contributed by atoms with van der Waals surface area (Å²) < 4.78 is 7.84. The fraction of sp³-hybridized carbons (Fsp3) is 0.769. The van der Waals surface area contributed by atoms with Gasteiger partial charge in [0.05, 0.1) is 18.0 Å². The van der Waals surface area contributed by atoms with Crippen LogP contribution in [0.3, 0.4) is 0 Å². The van der Waals surface area contributed by atoms with Crippen LogP contribution in [0.2, 0.25) is 0 Å². The highest BCUT2D eigenvalue weighted by Gasteiger charge is 2.35. The molecule has 2 aliphatic rings. The molecule has 0 unspecified atom stereocenters. The smallest absolute Gasteiger partial charge is 0.313 e. The Hall–Kier alpha value is -1.28. The maximum Gasteiger partial charge on any atom is 0.313 e. The summed E-state index contributed by atoms with van der Waals surface area (Å²) in [4.78, 5) is 13.0. The number of carboxylic acids is 1. The second kappa shape index (κ2) is 5.49. The minimum absolute atomic E-state index is 0.0134. The van der Waals surface area contributed by atoms with Crippen molar-refractivity contribution in [2.75, 3.05) is 30.3 Å². The molecule has 1 aromatic heterocycles. The second-order valence-electron chi connectivity index (χ2n) is 6.10. The van der Waals surface area contributed by atoms with E-state index in [-0.39, 0.29) is 11.4 Å². The number of thioether (sulfide) groups is 1. The van der Waals surface area contributed by atoms with Crippen LogP contribution in [-0.2, 0) is 9.53 Å². The maximum atomic E-state index is 10.8. The first-order valence-corrected chi connectivity index (χ1v) is 8.13. The molecule has 1 saturated heterocycles. The molecular formula is C13H20N4O3S. The lowest BCUT2D eigenvalue weighted by molar-refractivity contribution is -0.133. The lowest BCUT2D eigenvalue weighted by atomic mass is 10.1. The quantitative estimate of drug-likeness (QED) is 0.823. The van der Waals surface area contributed by atoms with E-state index in [1.165, 1.54) is 11.8 Å². The van der Waals surface area contributed by atoms with Crippen molar-refractivity contribution in [3.05, 3.63) is 0 Å². The number of carboxylic acid groups (broad SMARTS) is 1. The highest BCUT2D eigenvalue weighted by atomic mass is 32.2. The Bertz CT molecular complexity index is 542. The van der Waals surface area contributed by atoms with Crippen LogP contribution in [-0.4, -0.2) is 56.9 Å². The first-order chi connectivity index (χ1) is 9.96. The van der Waals surface area contributed by atoms with Crippen LogP contribution in [0.4, 0.5) is 5.95 Å². The van der Waals surface area contributed by atoms with Crippen molar-refractivity contribution in [3.63, 3.8) is 0 Å². The molecule has 2 heterocycles. The summed E-state index contributed by atoms with van der Waals surface area (Å²) >= 11 is 1.24. The molecule has 0 aromatic carbocycles. The van der Waals surface area contributed by atoms with Crippen LogP contribution >= 0.6 is 11.8 Å².